The number of aryl methyl sites for hydroxylation is 1. The lowest BCUT2D eigenvalue weighted by atomic mass is 9.96. The van der Waals surface area contributed by atoms with E-state index in [0.29, 0.717) is 15.4 Å². The van der Waals surface area contributed by atoms with Crippen LogP contribution in [0.3, 0.4) is 0 Å². The number of hydrogen-bond acceptors (Lipinski definition) is 5. The molecule has 0 atom stereocenters. The quantitative estimate of drug-likeness (QED) is 0.642. The molecule has 0 aliphatic rings. The van der Waals surface area contributed by atoms with Crippen LogP contribution in [0.1, 0.15) is 47.4 Å². The van der Waals surface area contributed by atoms with Gasteiger partial charge in [0, 0.05) is 11.6 Å². The van der Waals surface area contributed by atoms with Crippen LogP contribution in [-0.2, 0) is 17.5 Å². The van der Waals surface area contributed by atoms with Crippen molar-refractivity contribution in [1.29, 1.82) is 0 Å². The van der Waals surface area contributed by atoms with Crippen molar-refractivity contribution in [3.05, 3.63) is 46.2 Å². The Balaban J connectivity index is 1.74. The molecule has 0 aliphatic carbocycles. The Kier molecular flexibility index (Phi) is 5.59. The normalized spacial score (nSPS) is 12.2. The molecule has 0 radical (unpaired) electrons. The van der Waals surface area contributed by atoms with E-state index < -0.39 is 23.1 Å². The van der Waals surface area contributed by atoms with Crippen LogP contribution < -0.4 is 10.6 Å². The smallest absolute Gasteiger partial charge is 0.344 e. The number of rotatable bonds is 4. The zero-order chi connectivity index (χ0) is 22.3. The SMILES string of the molecule is Cc1cc(NC(=O)C(C)(C)C)sc1C(=O)NCc1nnc2ccc(C(F)(F)F)cn12. The highest BCUT2D eigenvalue weighted by atomic mass is 32.1. The Morgan fingerprint density at radius 1 is 1.17 bits per heavy atom. The molecule has 0 saturated heterocycles. The topological polar surface area (TPSA) is 88.4 Å². The van der Waals surface area contributed by atoms with E-state index in [9.17, 15) is 22.8 Å². The van der Waals surface area contributed by atoms with Crippen LogP contribution in [0.4, 0.5) is 18.2 Å². The number of pyridine rings is 1. The number of halogens is 3. The average molecular weight is 439 g/mol. The first-order chi connectivity index (χ1) is 13.9. The van der Waals surface area contributed by atoms with E-state index in [1.165, 1.54) is 10.5 Å². The maximum absolute atomic E-state index is 12.9. The molecule has 11 heteroatoms. The van der Waals surface area contributed by atoms with Crippen molar-refractivity contribution in [3.63, 3.8) is 0 Å². The largest absolute Gasteiger partial charge is 0.417 e. The van der Waals surface area contributed by atoms with Gasteiger partial charge < -0.3 is 10.6 Å². The fourth-order valence-electron chi connectivity index (χ4n) is 2.53. The molecule has 0 saturated carbocycles. The molecule has 3 rings (SSSR count). The number of carbonyl (C=O) groups excluding carboxylic acids is 2. The number of nitrogens with one attached hydrogen (secondary N) is 2. The molecule has 3 aromatic rings. The molecule has 0 spiro atoms. The van der Waals surface area contributed by atoms with Crippen molar-refractivity contribution in [2.45, 2.75) is 40.4 Å². The summed E-state index contributed by atoms with van der Waals surface area (Å²) in [5.41, 5.74) is -0.501. The summed E-state index contributed by atoms with van der Waals surface area (Å²) >= 11 is 1.12. The minimum atomic E-state index is -4.50. The molecule has 3 heterocycles. The number of amides is 2. The summed E-state index contributed by atoms with van der Waals surface area (Å²) in [6.07, 6.45) is -3.60. The summed E-state index contributed by atoms with van der Waals surface area (Å²) in [5.74, 6) is -0.427. The minimum Gasteiger partial charge on any atom is -0.344 e. The zero-order valence-corrected chi connectivity index (χ0v) is 17.5. The minimum absolute atomic E-state index is 0.109. The Bertz CT molecular complexity index is 1110. The molecule has 0 aliphatic heterocycles. The third kappa shape index (κ3) is 4.61. The molecule has 160 valence electrons. The van der Waals surface area contributed by atoms with E-state index in [4.69, 9.17) is 0 Å². The van der Waals surface area contributed by atoms with E-state index in [0.717, 1.165) is 23.6 Å². The predicted octanol–water partition coefficient (Wildman–Crippen LogP) is 4.03. The van der Waals surface area contributed by atoms with Gasteiger partial charge in [0.15, 0.2) is 11.5 Å². The Morgan fingerprint density at radius 2 is 1.87 bits per heavy atom. The van der Waals surface area contributed by atoms with Gasteiger partial charge in [0.1, 0.15) is 0 Å². The molecule has 2 amide bonds. The molecular weight excluding hydrogens is 419 g/mol. The average Bonchev–Trinajstić information content (AvgIpc) is 3.20. The number of fused-ring (bicyclic) bond motifs is 1. The number of alkyl halides is 3. The monoisotopic (exact) mass is 439 g/mol. The van der Waals surface area contributed by atoms with Crippen LogP contribution >= 0.6 is 11.3 Å². The molecule has 0 fully saturated rings. The van der Waals surface area contributed by atoms with E-state index in [1.807, 2.05) is 0 Å². The van der Waals surface area contributed by atoms with Crippen LogP contribution in [0, 0.1) is 12.3 Å². The summed E-state index contributed by atoms with van der Waals surface area (Å²) in [4.78, 5) is 25.1. The molecule has 0 aromatic carbocycles. The predicted molar refractivity (Wildman–Crippen MR) is 106 cm³/mol. The van der Waals surface area contributed by atoms with Crippen molar-refractivity contribution in [2.75, 3.05) is 5.32 Å². The molecule has 2 N–H and O–H groups in total. The number of thiophene rings is 1. The maximum atomic E-state index is 12.9. The van der Waals surface area contributed by atoms with E-state index in [2.05, 4.69) is 20.8 Å². The second-order valence-electron chi connectivity index (χ2n) is 7.77. The lowest BCUT2D eigenvalue weighted by molar-refractivity contribution is -0.137. The maximum Gasteiger partial charge on any atom is 0.417 e. The van der Waals surface area contributed by atoms with Gasteiger partial charge in [0.2, 0.25) is 5.91 Å². The second-order valence-corrected chi connectivity index (χ2v) is 8.82. The highest BCUT2D eigenvalue weighted by Gasteiger charge is 2.31. The van der Waals surface area contributed by atoms with Crippen molar-refractivity contribution >= 4 is 33.8 Å². The summed E-state index contributed by atoms with van der Waals surface area (Å²) in [7, 11) is 0. The van der Waals surface area contributed by atoms with E-state index in [-0.39, 0.29) is 23.9 Å². The Hall–Kier alpha value is -2.95. The van der Waals surface area contributed by atoms with Crippen molar-refractivity contribution in [3.8, 4) is 0 Å². The van der Waals surface area contributed by atoms with Gasteiger partial charge >= 0.3 is 6.18 Å². The van der Waals surface area contributed by atoms with E-state index >= 15 is 0 Å². The fraction of sp³-hybridized carbons (Fsp3) is 0.368. The van der Waals surface area contributed by atoms with Crippen LogP contribution in [0.2, 0.25) is 0 Å². The number of anilines is 1. The first-order valence-corrected chi connectivity index (χ1v) is 9.79. The molecule has 3 aromatic heterocycles. The molecule has 0 unspecified atom stereocenters. The highest BCUT2D eigenvalue weighted by molar-refractivity contribution is 7.18. The van der Waals surface area contributed by atoms with Gasteiger partial charge in [-0.2, -0.15) is 13.2 Å². The van der Waals surface area contributed by atoms with Gasteiger partial charge in [0.25, 0.3) is 5.91 Å². The molecule has 0 bridgehead atoms. The van der Waals surface area contributed by atoms with Crippen LogP contribution in [0.15, 0.2) is 24.4 Å². The second kappa shape index (κ2) is 7.71. The first-order valence-electron chi connectivity index (χ1n) is 8.97. The van der Waals surface area contributed by atoms with Crippen LogP contribution in [-0.4, -0.2) is 26.4 Å². The van der Waals surface area contributed by atoms with Crippen molar-refractivity contribution < 1.29 is 22.8 Å². The first kappa shape index (κ1) is 21.8. The standard InChI is InChI=1S/C19H20F3N5O2S/c1-10-7-14(24-17(29)18(2,3)4)30-15(10)16(28)23-8-13-26-25-12-6-5-11(9-27(12)13)19(20,21)22/h5-7,9H,8H2,1-4H3,(H,23,28)(H,24,29). The summed E-state index contributed by atoms with van der Waals surface area (Å²) < 4.78 is 40.0. The van der Waals surface area contributed by atoms with Crippen molar-refractivity contribution in [1.82, 2.24) is 19.9 Å². The number of nitrogens with zero attached hydrogens (tertiary/aromatic N) is 3. The molecular formula is C19H20F3N5O2S. The van der Waals surface area contributed by atoms with Gasteiger partial charge in [0.05, 0.1) is 22.0 Å². The lowest BCUT2D eigenvalue weighted by Gasteiger charge is -2.16. The van der Waals surface area contributed by atoms with Crippen LogP contribution in [0.5, 0.6) is 0 Å². The highest BCUT2D eigenvalue weighted by Crippen LogP contribution is 2.30. The van der Waals surface area contributed by atoms with E-state index in [1.54, 1.807) is 33.8 Å². The van der Waals surface area contributed by atoms with Crippen LogP contribution in [0.25, 0.3) is 5.65 Å². The fourth-order valence-corrected chi connectivity index (χ4v) is 3.52. The summed E-state index contributed by atoms with van der Waals surface area (Å²) in [5, 5.41) is 13.6. The Morgan fingerprint density at radius 3 is 2.50 bits per heavy atom. The molecule has 7 nitrogen and oxygen atoms in total. The van der Waals surface area contributed by atoms with Gasteiger partial charge in [-0.25, -0.2) is 0 Å². The third-order valence-corrected chi connectivity index (χ3v) is 5.40. The zero-order valence-electron chi connectivity index (χ0n) is 16.7. The Labute approximate surface area is 174 Å². The summed E-state index contributed by atoms with van der Waals surface area (Å²) in [6.45, 7) is 6.97. The molecule has 30 heavy (non-hydrogen) atoms. The number of aromatic nitrogens is 3. The van der Waals surface area contributed by atoms with Gasteiger partial charge in [-0.15, -0.1) is 21.5 Å². The van der Waals surface area contributed by atoms with Gasteiger partial charge in [-0.1, -0.05) is 20.8 Å². The van der Waals surface area contributed by atoms with Crippen molar-refractivity contribution in [2.24, 2.45) is 5.41 Å². The lowest BCUT2D eigenvalue weighted by Crippen LogP contribution is -2.27. The number of hydrogen-bond donors (Lipinski definition) is 2. The third-order valence-electron chi connectivity index (χ3n) is 4.25. The van der Waals surface area contributed by atoms with Gasteiger partial charge in [-0.3, -0.25) is 14.0 Å². The summed E-state index contributed by atoms with van der Waals surface area (Å²) in [6, 6.07) is 3.84. The number of carbonyl (C=O) groups is 2. The van der Waals surface area contributed by atoms with Gasteiger partial charge in [-0.05, 0) is 30.7 Å².